The summed E-state index contributed by atoms with van der Waals surface area (Å²) in [6.45, 7) is 0. The van der Waals surface area contributed by atoms with E-state index < -0.39 is 4.92 Å². The Balaban J connectivity index is 1.95. The van der Waals surface area contributed by atoms with Gasteiger partial charge in [0.1, 0.15) is 5.82 Å². The molecule has 29 heavy (non-hydrogen) atoms. The van der Waals surface area contributed by atoms with E-state index in [4.69, 9.17) is 28.2 Å². The highest BCUT2D eigenvalue weighted by Crippen LogP contribution is 2.39. The van der Waals surface area contributed by atoms with Crippen molar-refractivity contribution in [1.82, 2.24) is 9.97 Å². The van der Waals surface area contributed by atoms with E-state index in [9.17, 15) is 10.1 Å². The SMILES string of the molecule is O=[N+]([O-])c1cc(-c2nc(-c3ccccc3)c(-c3cccc(Cl)c3Cl)[nH]2)ccc1Br. The highest BCUT2D eigenvalue weighted by molar-refractivity contribution is 9.10. The summed E-state index contributed by atoms with van der Waals surface area (Å²) in [5.74, 6) is 0.491. The van der Waals surface area contributed by atoms with Crippen LogP contribution in [0, 0.1) is 10.1 Å². The van der Waals surface area contributed by atoms with Crippen LogP contribution < -0.4 is 0 Å². The molecule has 0 amide bonds. The number of aromatic nitrogens is 2. The molecule has 0 spiro atoms. The summed E-state index contributed by atoms with van der Waals surface area (Å²) in [6, 6.07) is 19.9. The Bertz CT molecular complexity index is 1230. The fourth-order valence-electron chi connectivity index (χ4n) is 3.01. The summed E-state index contributed by atoms with van der Waals surface area (Å²) in [4.78, 5) is 18.9. The van der Waals surface area contributed by atoms with E-state index in [2.05, 4.69) is 20.9 Å². The predicted octanol–water partition coefficient (Wildman–Crippen LogP) is 7.39. The molecular weight excluding hydrogens is 477 g/mol. The molecule has 0 bridgehead atoms. The fourth-order valence-corrected chi connectivity index (χ4v) is 3.79. The predicted molar refractivity (Wildman–Crippen MR) is 119 cm³/mol. The van der Waals surface area contributed by atoms with E-state index in [1.807, 2.05) is 42.5 Å². The second kappa shape index (κ2) is 7.99. The molecule has 3 aromatic carbocycles. The van der Waals surface area contributed by atoms with Gasteiger partial charge in [-0.05, 0) is 34.1 Å². The van der Waals surface area contributed by atoms with Gasteiger partial charge in [0.05, 0.1) is 30.8 Å². The standard InChI is InChI=1S/C21H12BrCl2N3O2/c22-15-10-9-13(11-17(15)27(28)29)21-25-19(12-5-2-1-3-6-12)20(26-21)14-7-4-8-16(23)18(14)24/h1-11H,(H,25,26). The molecule has 0 saturated carbocycles. The van der Waals surface area contributed by atoms with Crippen molar-refractivity contribution >= 4 is 44.8 Å². The summed E-state index contributed by atoms with van der Waals surface area (Å²) < 4.78 is 0.402. The van der Waals surface area contributed by atoms with Crippen LogP contribution in [0.4, 0.5) is 5.69 Å². The Morgan fingerprint density at radius 1 is 0.966 bits per heavy atom. The number of nitrogens with one attached hydrogen (secondary N) is 1. The first-order valence-electron chi connectivity index (χ1n) is 8.50. The van der Waals surface area contributed by atoms with Gasteiger partial charge in [-0.2, -0.15) is 0 Å². The minimum absolute atomic E-state index is 0.0394. The lowest BCUT2D eigenvalue weighted by Gasteiger charge is -2.06. The number of halogens is 3. The zero-order valence-electron chi connectivity index (χ0n) is 14.7. The molecule has 144 valence electrons. The average Bonchev–Trinajstić information content (AvgIpc) is 3.16. The van der Waals surface area contributed by atoms with Gasteiger partial charge >= 0.3 is 0 Å². The second-order valence-electron chi connectivity index (χ2n) is 6.20. The third-order valence-electron chi connectivity index (χ3n) is 4.39. The molecule has 0 aliphatic carbocycles. The van der Waals surface area contributed by atoms with Gasteiger partial charge in [0.15, 0.2) is 0 Å². The Hall–Kier alpha value is -2.67. The zero-order chi connectivity index (χ0) is 20.5. The van der Waals surface area contributed by atoms with E-state index in [1.54, 1.807) is 18.2 Å². The summed E-state index contributed by atoms with van der Waals surface area (Å²) in [7, 11) is 0. The van der Waals surface area contributed by atoms with Crippen LogP contribution in [-0.4, -0.2) is 14.9 Å². The monoisotopic (exact) mass is 487 g/mol. The molecule has 0 atom stereocenters. The lowest BCUT2D eigenvalue weighted by molar-refractivity contribution is -0.385. The quantitative estimate of drug-likeness (QED) is 0.240. The number of nitrogens with zero attached hydrogens (tertiary/aromatic N) is 2. The largest absolute Gasteiger partial charge is 0.337 e. The molecule has 0 radical (unpaired) electrons. The summed E-state index contributed by atoms with van der Waals surface area (Å²) in [5, 5.41) is 12.2. The molecule has 8 heteroatoms. The third kappa shape index (κ3) is 3.79. The number of imidazole rings is 1. The second-order valence-corrected chi connectivity index (χ2v) is 7.84. The van der Waals surface area contributed by atoms with Crippen molar-refractivity contribution in [2.24, 2.45) is 0 Å². The maximum atomic E-state index is 11.3. The highest BCUT2D eigenvalue weighted by atomic mass is 79.9. The molecule has 0 aliphatic heterocycles. The fraction of sp³-hybridized carbons (Fsp3) is 0. The van der Waals surface area contributed by atoms with Crippen LogP contribution in [0.2, 0.25) is 10.0 Å². The van der Waals surface area contributed by atoms with Crippen LogP contribution in [0.3, 0.4) is 0 Å². The van der Waals surface area contributed by atoms with E-state index >= 15 is 0 Å². The number of rotatable bonds is 4. The van der Waals surface area contributed by atoms with Crippen molar-refractivity contribution in [2.75, 3.05) is 0 Å². The Morgan fingerprint density at radius 2 is 1.72 bits per heavy atom. The Morgan fingerprint density at radius 3 is 2.45 bits per heavy atom. The number of hydrogen-bond donors (Lipinski definition) is 1. The molecule has 1 aromatic heterocycles. The third-order valence-corrected chi connectivity index (χ3v) is 5.88. The van der Waals surface area contributed by atoms with Gasteiger partial charge in [0.2, 0.25) is 0 Å². The van der Waals surface area contributed by atoms with Crippen molar-refractivity contribution in [2.45, 2.75) is 0 Å². The number of H-pyrrole nitrogens is 1. The normalized spacial score (nSPS) is 10.9. The maximum absolute atomic E-state index is 11.3. The van der Waals surface area contributed by atoms with Gasteiger partial charge in [0.25, 0.3) is 5.69 Å². The van der Waals surface area contributed by atoms with E-state index in [0.29, 0.717) is 42.9 Å². The van der Waals surface area contributed by atoms with E-state index in [1.165, 1.54) is 6.07 Å². The number of nitro benzene ring substituents is 1. The van der Waals surface area contributed by atoms with E-state index in [-0.39, 0.29) is 5.69 Å². The van der Waals surface area contributed by atoms with Crippen molar-refractivity contribution < 1.29 is 4.92 Å². The van der Waals surface area contributed by atoms with Crippen LogP contribution in [0.1, 0.15) is 0 Å². The van der Waals surface area contributed by atoms with E-state index in [0.717, 1.165) is 5.56 Å². The van der Waals surface area contributed by atoms with Gasteiger partial charge in [-0.3, -0.25) is 10.1 Å². The molecule has 4 aromatic rings. The number of nitro groups is 1. The minimum Gasteiger partial charge on any atom is -0.337 e. The smallest absolute Gasteiger partial charge is 0.284 e. The topological polar surface area (TPSA) is 71.8 Å². The first-order valence-corrected chi connectivity index (χ1v) is 10.0. The maximum Gasteiger partial charge on any atom is 0.284 e. The summed E-state index contributed by atoms with van der Waals surface area (Å²) >= 11 is 15.9. The molecule has 1 heterocycles. The molecular formula is C21H12BrCl2N3O2. The van der Waals surface area contributed by atoms with Crippen LogP contribution >= 0.6 is 39.1 Å². The molecule has 0 fully saturated rings. The van der Waals surface area contributed by atoms with Gasteiger partial charge in [0, 0.05) is 22.8 Å². The Kier molecular flexibility index (Phi) is 5.41. The molecule has 0 unspecified atom stereocenters. The van der Waals surface area contributed by atoms with Crippen molar-refractivity contribution in [3.8, 4) is 33.9 Å². The first kappa shape index (κ1) is 19.6. The highest BCUT2D eigenvalue weighted by Gasteiger charge is 2.20. The minimum atomic E-state index is -0.441. The number of aromatic amines is 1. The molecule has 1 N–H and O–H groups in total. The van der Waals surface area contributed by atoms with Gasteiger partial charge < -0.3 is 4.98 Å². The first-order chi connectivity index (χ1) is 14.0. The zero-order valence-corrected chi connectivity index (χ0v) is 17.8. The van der Waals surface area contributed by atoms with Gasteiger partial charge in [-0.15, -0.1) is 0 Å². The Labute approximate surface area is 184 Å². The number of benzene rings is 3. The van der Waals surface area contributed by atoms with Gasteiger partial charge in [-0.25, -0.2) is 4.98 Å². The molecule has 5 nitrogen and oxygen atoms in total. The molecule has 0 saturated heterocycles. The lowest BCUT2D eigenvalue weighted by atomic mass is 10.1. The number of hydrogen-bond acceptors (Lipinski definition) is 3. The van der Waals surface area contributed by atoms with Crippen molar-refractivity contribution in [3.63, 3.8) is 0 Å². The van der Waals surface area contributed by atoms with Crippen LogP contribution in [-0.2, 0) is 0 Å². The van der Waals surface area contributed by atoms with Crippen molar-refractivity contribution in [1.29, 1.82) is 0 Å². The van der Waals surface area contributed by atoms with Crippen molar-refractivity contribution in [3.05, 3.63) is 91.4 Å². The van der Waals surface area contributed by atoms with Crippen LogP contribution in [0.15, 0.2) is 71.2 Å². The van der Waals surface area contributed by atoms with Crippen LogP contribution in [0.25, 0.3) is 33.9 Å². The summed E-state index contributed by atoms with van der Waals surface area (Å²) in [5.41, 5.74) is 3.49. The average molecular weight is 489 g/mol. The summed E-state index contributed by atoms with van der Waals surface area (Å²) in [6.07, 6.45) is 0. The van der Waals surface area contributed by atoms with Gasteiger partial charge in [-0.1, -0.05) is 65.7 Å². The molecule has 4 rings (SSSR count). The molecule has 0 aliphatic rings. The lowest BCUT2D eigenvalue weighted by Crippen LogP contribution is -1.91. The van der Waals surface area contributed by atoms with Crippen LogP contribution in [0.5, 0.6) is 0 Å².